The summed E-state index contributed by atoms with van der Waals surface area (Å²) < 4.78 is 19.1. The zero-order valence-electron chi connectivity index (χ0n) is 7.41. The smallest absolute Gasteiger partial charge is 0.313 e. The Balaban J connectivity index is 3.23. The lowest BCUT2D eigenvalue weighted by Gasteiger charge is -2.03. The van der Waals surface area contributed by atoms with Crippen molar-refractivity contribution in [3.63, 3.8) is 0 Å². The number of phenols is 1. The van der Waals surface area contributed by atoms with E-state index in [1.165, 1.54) is 6.07 Å². The summed E-state index contributed by atoms with van der Waals surface area (Å²) in [6.07, 6.45) is 0. The molecule has 1 unspecified atom stereocenters. The minimum Gasteiger partial charge on any atom is -0.501 e. The number of nitrogen functional groups attached to an aromatic ring is 1. The van der Waals surface area contributed by atoms with Gasteiger partial charge in [0.15, 0.2) is 11.1 Å². The van der Waals surface area contributed by atoms with Crippen LogP contribution in [0.5, 0.6) is 5.75 Å². The van der Waals surface area contributed by atoms with E-state index in [1.54, 1.807) is 0 Å². The Morgan fingerprint density at radius 1 is 1.53 bits per heavy atom. The zero-order chi connectivity index (χ0) is 11.6. The van der Waals surface area contributed by atoms with Crippen LogP contribution in [-0.2, 0) is 16.8 Å². The first kappa shape index (κ1) is 11.4. The van der Waals surface area contributed by atoms with Crippen molar-refractivity contribution < 1.29 is 18.8 Å². The molecule has 8 heteroatoms. The Morgan fingerprint density at radius 3 is 2.60 bits per heavy atom. The molecular formula is C7H8N2O5S. The van der Waals surface area contributed by atoms with Crippen LogP contribution in [0.4, 0.5) is 11.4 Å². The van der Waals surface area contributed by atoms with Gasteiger partial charge < -0.3 is 15.4 Å². The molecule has 1 atom stereocenters. The fourth-order valence-electron chi connectivity index (χ4n) is 1.07. The van der Waals surface area contributed by atoms with E-state index in [9.17, 15) is 19.4 Å². The van der Waals surface area contributed by atoms with Crippen LogP contribution in [-0.4, -0.2) is 18.8 Å². The molecule has 1 rings (SSSR count). The molecule has 0 saturated heterocycles. The molecule has 0 aliphatic heterocycles. The number of rotatable bonds is 3. The van der Waals surface area contributed by atoms with Crippen LogP contribution in [0.15, 0.2) is 12.1 Å². The van der Waals surface area contributed by atoms with Crippen molar-refractivity contribution in [1.29, 1.82) is 0 Å². The van der Waals surface area contributed by atoms with Crippen LogP contribution in [0.1, 0.15) is 5.56 Å². The van der Waals surface area contributed by atoms with Gasteiger partial charge in [0.1, 0.15) is 0 Å². The summed E-state index contributed by atoms with van der Waals surface area (Å²) in [5, 5.41) is 19.7. The monoisotopic (exact) mass is 232 g/mol. The van der Waals surface area contributed by atoms with Gasteiger partial charge in [-0.25, -0.2) is 4.21 Å². The molecule has 0 aliphatic carbocycles. The molecule has 0 amide bonds. The van der Waals surface area contributed by atoms with Crippen molar-refractivity contribution in [3.8, 4) is 5.75 Å². The van der Waals surface area contributed by atoms with E-state index in [0.717, 1.165) is 6.07 Å². The van der Waals surface area contributed by atoms with Gasteiger partial charge in [-0.3, -0.25) is 10.1 Å². The lowest BCUT2D eigenvalue weighted by Crippen LogP contribution is -1.98. The number of benzene rings is 1. The highest BCUT2D eigenvalue weighted by Crippen LogP contribution is 2.33. The van der Waals surface area contributed by atoms with Crippen molar-refractivity contribution in [3.05, 3.63) is 27.8 Å². The maximum absolute atomic E-state index is 10.5. The largest absolute Gasteiger partial charge is 0.501 e. The van der Waals surface area contributed by atoms with Gasteiger partial charge in [0.25, 0.3) is 0 Å². The molecule has 0 aliphatic rings. The number of nitro groups is 1. The second-order valence-electron chi connectivity index (χ2n) is 2.78. The summed E-state index contributed by atoms with van der Waals surface area (Å²) in [5.74, 6) is -0.904. The van der Waals surface area contributed by atoms with Gasteiger partial charge >= 0.3 is 5.69 Å². The summed E-state index contributed by atoms with van der Waals surface area (Å²) in [6.45, 7) is 0. The second-order valence-corrected chi connectivity index (χ2v) is 3.71. The molecule has 7 nitrogen and oxygen atoms in total. The molecule has 0 fully saturated rings. The fraction of sp³-hybridized carbons (Fsp3) is 0.143. The van der Waals surface area contributed by atoms with Crippen LogP contribution in [0.2, 0.25) is 0 Å². The minimum absolute atomic E-state index is 0.190. The number of nitrogens with zero attached hydrogens (tertiary/aromatic N) is 1. The highest BCUT2D eigenvalue weighted by molar-refractivity contribution is 7.78. The van der Waals surface area contributed by atoms with E-state index >= 15 is 0 Å². The first-order valence-electron chi connectivity index (χ1n) is 3.75. The first-order chi connectivity index (χ1) is 6.91. The fourth-order valence-corrected chi connectivity index (χ4v) is 1.52. The molecule has 0 bridgehead atoms. The highest BCUT2D eigenvalue weighted by Gasteiger charge is 2.18. The van der Waals surface area contributed by atoms with E-state index in [1.807, 2.05) is 0 Å². The Labute approximate surface area is 87.0 Å². The SMILES string of the molecule is Nc1cc(CS(=O)O)cc([N+](=O)[O-])c1O. The molecule has 1 aromatic rings. The lowest BCUT2D eigenvalue weighted by atomic mass is 10.2. The average molecular weight is 232 g/mol. The van der Waals surface area contributed by atoms with E-state index in [2.05, 4.69) is 0 Å². The molecule has 0 aromatic heterocycles. The van der Waals surface area contributed by atoms with Gasteiger partial charge in [-0.2, -0.15) is 0 Å². The van der Waals surface area contributed by atoms with Gasteiger partial charge in [-0.05, 0) is 11.6 Å². The number of aromatic hydroxyl groups is 1. The Hall–Kier alpha value is -1.67. The zero-order valence-corrected chi connectivity index (χ0v) is 8.23. The van der Waals surface area contributed by atoms with Crippen LogP contribution in [0.25, 0.3) is 0 Å². The third-order valence-corrected chi connectivity index (χ3v) is 2.25. The normalized spacial score (nSPS) is 12.3. The molecule has 0 spiro atoms. The van der Waals surface area contributed by atoms with E-state index < -0.39 is 27.4 Å². The maximum atomic E-state index is 10.5. The summed E-state index contributed by atoms with van der Waals surface area (Å²) in [7, 11) is 0. The first-order valence-corrected chi connectivity index (χ1v) is 5.02. The van der Waals surface area contributed by atoms with Crippen molar-refractivity contribution in [1.82, 2.24) is 0 Å². The average Bonchev–Trinajstić information content (AvgIpc) is 2.09. The number of phenolic OH excluding ortho intramolecular Hbond substituents is 1. The minimum atomic E-state index is -2.11. The number of hydrogen-bond acceptors (Lipinski definition) is 5. The molecule has 0 radical (unpaired) electrons. The van der Waals surface area contributed by atoms with E-state index in [4.69, 9.17) is 10.3 Å². The topological polar surface area (TPSA) is 127 Å². The van der Waals surface area contributed by atoms with Crippen LogP contribution < -0.4 is 5.73 Å². The van der Waals surface area contributed by atoms with Crippen molar-refractivity contribution in [2.45, 2.75) is 5.75 Å². The third-order valence-electron chi connectivity index (χ3n) is 1.67. The van der Waals surface area contributed by atoms with Gasteiger partial charge in [-0.15, -0.1) is 0 Å². The Morgan fingerprint density at radius 2 is 2.13 bits per heavy atom. The molecule has 1 aromatic carbocycles. The molecule has 0 heterocycles. The lowest BCUT2D eigenvalue weighted by molar-refractivity contribution is -0.385. The van der Waals surface area contributed by atoms with Gasteiger partial charge in [0, 0.05) is 6.07 Å². The van der Waals surface area contributed by atoms with Crippen LogP contribution in [0.3, 0.4) is 0 Å². The standard InChI is InChI=1S/C7H8N2O5S/c8-5-1-4(3-15(13)14)2-6(7(5)10)9(11)12/h1-2,10H,3,8H2,(H,13,14). The summed E-state index contributed by atoms with van der Waals surface area (Å²) in [5.41, 5.74) is 4.76. The number of nitro benzene ring substituents is 1. The molecule has 15 heavy (non-hydrogen) atoms. The quantitative estimate of drug-likeness (QED) is 0.230. The molecule has 82 valence electrons. The second kappa shape index (κ2) is 4.24. The van der Waals surface area contributed by atoms with Crippen molar-refractivity contribution in [2.75, 3.05) is 5.73 Å². The predicted octanol–water partition coefficient (Wildman–Crippen LogP) is 0.604. The highest BCUT2D eigenvalue weighted by atomic mass is 32.2. The number of hydrogen-bond donors (Lipinski definition) is 3. The summed E-state index contributed by atoms with van der Waals surface area (Å²) in [4.78, 5) is 9.65. The maximum Gasteiger partial charge on any atom is 0.313 e. The van der Waals surface area contributed by atoms with Crippen LogP contribution in [0, 0.1) is 10.1 Å². The Bertz CT molecular complexity index is 434. The summed E-state index contributed by atoms with van der Waals surface area (Å²) >= 11 is -2.11. The number of nitrogens with two attached hydrogens (primary N) is 1. The molecule has 0 saturated carbocycles. The van der Waals surface area contributed by atoms with E-state index in [-0.39, 0.29) is 17.0 Å². The van der Waals surface area contributed by atoms with E-state index in [0.29, 0.717) is 0 Å². The van der Waals surface area contributed by atoms with Gasteiger partial charge in [-0.1, -0.05) is 0 Å². The van der Waals surface area contributed by atoms with Crippen LogP contribution >= 0.6 is 0 Å². The third kappa shape index (κ3) is 2.64. The Kier molecular flexibility index (Phi) is 3.22. The summed E-state index contributed by atoms with van der Waals surface area (Å²) in [6, 6.07) is 2.23. The molecule has 4 N–H and O–H groups in total. The van der Waals surface area contributed by atoms with Crippen molar-refractivity contribution in [2.24, 2.45) is 0 Å². The van der Waals surface area contributed by atoms with Crippen molar-refractivity contribution >= 4 is 22.5 Å². The van der Waals surface area contributed by atoms with Gasteiger partial charge in [0.05, 0.1) is 16.4 Å². The predicted molar refractivity (Wildman–Crippen MR) is 53.6 cm³/mol. The number of anilines is 1. The van der Waals surface area contributed by atoms with Gasteiger partial charge in [0.2, 0.25) is 5.75 Å². The molecular weight excluding hydrogens is 224 g/mol.